The minimum atomic E-state index is -3.93. The number of fused-ring (bicyclic) bond motifs is 1. The van der Waals surface area contributed by atoms with Crippen LogP contribution < -0.4 is 5.32 Å². The van der Waals surface area contributed by atoms with E-state index in [-0.39, 0.29) is 21.3 Å². The van der Waals surface area contributed by atoms with Gasteiger partial charge in [-0.1, -0.05) is 17.7 Å². The summed E-state index contributed by atoms with van der Waals surface area (Å²) in [5.74, 6) is -2.19. The Hall–Kier alpha value is -3.67. The summed E-state index contributed by atoms with van der Waals surface area (Å²) in [6.45, 7) is 4.84. The van der Waals surface area contributed by atoms with E-state index in [1.54, 1.807) is 39.2 Å². The number of hydrogen-bond donors (Lipinski definition) is 3. The molecule has 1 atom stereocenters. The zero-order valence-corrected chi connectivity index (χ0v) is 22.9. The molecule has 2 heterocycles. The van der Waals surface area contributed by atoms with Crippen LogP contribution in [0.15, 0.2) is 59.9 Å². The Labute approximate surface area is 229 Å². The number of rotatable bonds is 9. The molecule has 0 aliphatic carbocycles. The second kappa shape index (κ2) is 10.8. The van der Waals surface area contributed by atoms with Crippen LogP contribution in [0, 0.1) is 5.82 Å². The number of aliphatic hydroxyl groups is 1. The highest BCUT2D eigenvalue weighted by molar-refractivity contribution is 7.91. The van der Waals surface area contributed by atoms with Crippen molar-refractivity contribution in [3.05, 3.63) is 77.2 Å². The molecule has 4 aromatic rings. The third kappa shape index (κ3) is 6.32. The van der Waals surface area contributed by atoms with Crippen molar-refractivity contribution in [2.24, 2.45) is 0 Å². The first-order valence-corrected chi connectivity index (χ1v) is 13.9. The SMILES string of the molecule is C[C@@H](Nc1c(Cl)cnc2ccc(-c3cnc(C(C)(C)O)nc3)cc12)c1cc(S(=O)(=O)CCC(=O)O)ccc1F. The summed E-state index contributed by atoms with van der Waals surface area (Å²) >= 11 is 6.50. The number of aliphatic carboxylic acids is 1. The van der Waals surface area contributed by atoms with Crippen molar-refractivity contribution in [1.82, 2.24) is 15.0 Å². The maximum Gasteiger partial charge on any atom is 0.304 e. The van der Waals surface area contributed by atoms with Gasteiger partial charge >= 0.3 is 5.97 Å². The molecule has 0 unspecified atom stereocenters. The number of hydrogen-bond acceptors (Lipinski definition) is 8. The highest BCUT2D eigenvalue weighted by Gasteiger charge is 2.22. The molecule has 12 heteroatoms. The van der Waals surface area contributed by atoms with E-state index in [9.17, 15) is 22.7 Å². The molecule has 0 radical (unpaired) electrons. The Morgan fingerprint density at radius 2 is 1.77 bits per heavy atom. The van der Waals surface area contributed by atoms with Crippen LogP contribution in [0.1, 0.15) is 44.6 Å². The fourth-order valence-corrected chi connectivity index (χ4v) is 5.43. The Morgan fingerprint density at radius 1 is 1.08 bits per heavy atom. The zero-order valence-electron chi connectivity index (χ0n) is 21.3. The molecular weight excluding hydrogens is 547 g/mol. The first-order chi connectivity index (χ1) is 18.3. The van der Waals surface area contributed by atoms with Crippen molar-refractivity contribution in [2.75, 3.05) is 11.1 Å². The molecule has 0 aliphatic heterocycles. The molecule has 9 nitrogen and oxygen atoms in total. The number of sulfone groups is 1. The molecule has 0 saturated carbocycles. The zero-order chi connectivity index (χ0) is 28.5. The molecule has 0 saturated heterocycles. The van der Waals surface area contributed by atoms with Crippen molar-refractivity contribution < 1.29 is 27.8 Å². The number of nitrogens with one attached hydrogen (secondary N) is 1. The number of anilines is 1. The lowest BCUT2D eigenvalue weighted by Crippen LogP contribution is -2.19. The average Bonchev–Trinajstić information content (AvgIpc) is 2.88. The van der Waals surface area contributed by atoms with Gasteiger partial charge in [0.25, 0.3) is 0 Å². The van der Waals surface area contributed by atoms with Crippen LogP contribution >= 0.6 is 11.6 Å². The van der Waals surface area contributed by atoms with E-state index in [4.69, 9.17) is 16.7 Å². The summed E-state index contributed by atoms with van der Waals surface area (Å²) in [6.07, 6.45) is 4.10. The quantitative estimate of drug-likeness (QED) is 0.232. The lowest BCUT2D eigenvalue weighted by atomic mass is 10.0. The van der Waals surface area contributed by atoms with Crippen molar-refractivity contribution in [3.63, 3.8) is 0 Å². The van der Waals surface area contributed by atoms with Crippen molar-refractivity contribution in [2.45, 2.75) is 43.7 Å². The molecule has 3 N–H and O–H groups in total. The van der Waals surface area contributed by atoms with E-state index in [1.807, 2.05) is 12.1 Å². The van der Waals surface area contributed by atoms with E-state index < -0.39 is 45.4 Å². The second-order valence-corrected chi connectivity index (χ2v) is 12.1. The molecule has 0 fully saturated rings. The van der Waals surface area contributed by atoms with E-state index >= 15 is 0 Å². The highest BCUT2D eigenvalue weighted by Crippen LogP contribution is 2.36. The highest BCUT2D eigenvalue weighted by atomic mass is 35.5. The Morgan fingerprint density at radius 3 is 2.41 bits per heavy atom. The van der Waals surface area contributed by atoms with E-state index in [1.165, 1.54) is 12.3 Å². The first-order valence-electron chi connectivity index (χ1n) is 11.9. The van der Waals surface area contributed by atoms with Gasteiger partial charge in [0.1, 0.15) is 11.4 Å². The van der Waals surface area contributed by atoms with Gasteiger partial charge in [0.15, 0.2) is 15.7 Å². The second-order valence-electron chi connectivity index (χ2n) is 9.58. The Balaban J connectivity index is 1.70. The number of halogens is 2. The van der Waals surface area contributed by atoms with Crippen LogP contribution in [0.4, 0.5) is 10.1 Å². The van der Waals surface area contributed by atoms with Crippen LogP contribution in [0.5, 0.6) is 0 Å². The van der Waals surface area contributed by atoms with Crippen molar-refractivity contribution in [1.29, 1.82) is 0 Å². The molecule has 39 heavy (non-hydrogen) atoms. The average molecular weight is 573 g/mol. The van der Waals surface area contributed by atoms with E-state index in [0.717, 1.165) is 17.7 Å². The number of nitrogens with zero attached hydrogens (tertiary/aromatic N) is 3. The Kier molecular flexibility index (Phi) is 7.87. The standard InChI is InChI=1S/C27H26ClFN4O5S/c1-15(19-11-18(5-6-22(19)29)39(37,38)9-8-24(34)35)33-25-20-10-16(4-7-23(20)30-14-21(25)28)17-12-31-26(32-13-17)27(2,3)36/h4-7,10-15,36H,8-9H2,1-3H3,(H,30,33)(H,34,35)/t15-/m1/s1. The molecule has 204 valence electrons. The number of benzene rings is 2. The minimum absolute atomic E-state index is 0.0687. The number of carboxylic acids is 1. The van der Waals surface area contributed by atoms with Gasteiger partial charge in [0.2, 0.25) is 0 Å². The smallest absolute Gasteiger partial charge is 0.304 e. The van der Waals surface area contributed by atoms with Gasteiger partial charge in [0, 0.05) is 35.1 Å². The first kappa shape index (κ1) is 28.3. The lowest BCUT2D eigenvalue weighted by molar-refractivity contribution is -0.136. The normalized spacial score (nSPS) is 12.9. The van der Waals surface area contributed by atoms with Crippen LogP contribution in [0.25, 0.3) is 22.0 Å². The third-order valence-corrected chi connectivity index (χ3v) is 8.09. The van der Waals surface area contributed by atoms with Gasteiger partial charge in [0.05, 0.1) is 39.3 Å². The summed E-state index contributed by atoms with van der Waals surface area (Å²) < 4.78 is 40.0. The summed E-state index contributed by atoms with van der Waals surface area (Å²) in [4.78, 5) is 23.5. The lowest BCUT2D eigenvalue weighted by Gasteiger charge is -2.20. The number of aromatic nitrogens is 3. The monoisotopic (exact) mass is 572 g/mol. The number of carboxylic acid groups (broad SMARTS) is 1. The van der Waals surface area contributed by atoms with Gasteiger partial charge in [-0.3, -0.25) is 9.78 Å². The van der Waals surface area contributed by atoms with Gasteiger partial charge in [-0.25, -0.2) is 22.8 Å². The van der Waals surface area contributed by atoms with E-state index in [0.29, 0.717) is 22.2 Å². The number of carbonyl (C=O) groups is 1. The van der Waals surface area contributed by atoms with Crippen LogP contribution in [-0.4, -0.2) is 45.3 Å². The van der Waals surface area contributed by atoms with Crippen molar-refractivity contribution >= 4 is 44.0 Å². The molecule has 0 spiro atoms. The predicted octanol–water partition coefficient (Wildman–Crippen LogP) is 5.13. The van der Waals surface area contributed by atoms with E-state index in [2.05, 4.69) is 20.3 Å². The topological polar surface area (TPSA) is 142 Å². The minimum Gasteiger partial charge on any atom is -0.481 e. The van der Waals surface area contributed by atoms with Crippen LogP contribution in [-0.2, 0) is 20.2 Å². The third-order valence-electron chi connectivity index (χ3n) is 6.09. The molecule has 2 aromatic carbocycles. The molecular formula is C27H26ClFN4O5S. The summed E-state index contributed by atoms with van der Waals surface area (Å²) in [5, 5.41) is 23.1. The molecule has 4 rings (SSSR count). The fraction of sp³-hybridized carbons (Fsp3) is 0.259. The Bertz CT molecular complexity index is 1660. The maximum atomic E-state index is 14.8. The predicted molar refractivity (Wildman–Crippen MR) is 146 cm³/mol. The molecule has 2 aromatic heterocycles. The summed E-state index contributed by atoms with van der Waals surface area (Å²) in [5.41, 5.74) is 1.39. The fourth-order valence-electron chi connectivity index (χ4n) is 3.97. The molecule has 0 aliphatic rings. The van der Waals surface area contributed by atoms with Crippen LogP contribution in [0.3, 0.4) is 0 Å². The summed E-state index contributed by atoms with van der Waals surface area (Å²) in [6, 6.07) is 8.10. The van der Waals surface area contributed by atoms with Crippen molar-refractivity contribution in [3.8, 4) is 11.1 Å². The molecule has 0 amide bonds. The number of pyridine rings is 1. The van der Waals surface area contributed by atoms with Gasteiger partial charge in [-0.05, 0) is 56.7 Å². The van der Waals surface area contributed by atoms with Gasteiger partial charge in [-0.15, -0.1) is 0 Å². The maximum absolute atomic E-state index is 14.8. The van der Waals surface area contributed by atoms with Gasteiger partial charge in [-0.2, -0.15) is 0 Å². The summed E-state index contributed by atoms with van der Waals surface area (Å²) in [7, 11) is -3.93. The van der Waals surface area contributed by atoms with Crippen LogP contribution in [0.2, 0.25) is 5.02 Å². The molecule has 0 bridgehead atoms. The van der Waals surface area contributed by atoms with Gasteiger partial charge < -0.3 is 15.5 Å². The largest absolute Gasteiger partial charge is 0.481 e.